The molecule has 2 fully saturated rings. The van der Waals surface area contributed by atoms with Crippen molar-refractivity contribution in [2.24, 2.45) is 0 Å². The largest absolute Gasteiger partial charge is 0.471 e. The van der Waals surface area contributed by atoms with Crippen LogP contribution >= 0.6 is 0 Å². The van der Waals surface area contributed by atoms with Gasteiger partial charge in [0.2, 0.25) is 0 Å². The van der Waals surface area contributed by atoms with Crippen molar-refractivity contribution in [1.29, 1.82) is 0 Å². The van der Waals surface area contributed by atoms with E-state index in [1.165, 1.54) is 0 Å². The Morgan fingerprint density at radius 1 is 1.22 bits per heavy atom. The molecule has 0 bridgehead atoms. The quantitative estimate of drug-likeness (QED) is 0.796. The molecule has 1 aliphatic carbocycles. The van der Waals surface area contributed by atoms with Crippen LogP contribution in [0.25, 0.3) is 0 Å². The molecule has 1 heterocycles. The normalized spacial score (nSPS) is 24.0. The highest BCUT2D eigenvalue weighted by Gasteiger charge is 2.59. The second kappa shape index (κ2) is 5.78. The third-order valence-corrected chi connectivity index (χ3v) is 4.70. The molecule has 3 nitrogen and oxygen atoms in total. The monoisotopic (exact) mass is 330 g/mol. The van der Waals surface area contributed by atoms with Crippen LogP contribution in [-0.4, -0.2) is 53.2 Å². The zero-order valence-electron chi connectivity index (χ0n) is 12.5. The second-order valence-corrected chi connectivity index (χ2v) is 6.34. The summed E-state index contributed by atoms with van der Waals surface area (Å²) in [4.78, 5) is 14.4. The zero-order chi connectivity index (χ0) is 16.7. The first-order valence-electron chi connectivity index (χ1n) is 7.58. The van der Waals surface area contributed by atoms with Crippen molar-refractivity contribution in [3.63, 3.8) is 0 Å². The highest BCUT2D eigenvalue weighted by Crippen LogP contribution is 2.47. The lowest BCUT2D eigenvalue weighted by molar-refractivity contribution is -0.193. The molecule has 1 aliphatic heterocycles. The lowest BCUT2D eigenvalue weighted by Gasteiger charge is -2.46. The fraction of sp³-hybridized carbons (Fsp3) is 0.562. The van der Waals surface area contributed by atoms with E-state index in [1.54, 1.807) is 0 Å². The Kier molecular flexibility index (Phi) is 4.08. The van der Waals surface area contributed by atoms with Crippen molar-refractivity contribution in [1.82, 2.24) is 9.80 Å². The van der Waals surface area contributed by atoms with E-state index in [0.717, 1.165) is 10.5 Å². The van der Waals surface area contributed by atoms with E-state index in [9.17, 15) is 22.4 Å². The van der Waals surface area contributed by atoms with E-state index in [1.807, 2.05) is 35.2 Å². The van der Waals surface area contributed by atoms with Gasteiger partial charge in [-0.15, -0.1) is 0 Å². The van der Waals surface area contributed by atoms with Crippen LogP contribution in [0.4, 0.5) is 17.6 Å². The van der Waals surface area contributed by atoms with E-state index < -0.39 is 30.3 Å². The molecule has 1 spiro atoms. The Morgan fingerprint density at radius 3 is 2.39 bits per heavy atom. The molecule has 2 aliphatic rings. The maximum Gasteiger partial charge on any atom is 0.471 e. The van der Waals surface area contributed by atoms with Gasteiger partial charge in [-0.1, -0.05) is 30.3 Å². The van der Waals surface area contributed by atoms with Gasteiger partial charge < -0.3 is 4.90 Å². The summed E-state index contributed by atoms with van der Waals surface area (Å²) in [5.41, 5.74) is 0.213. The van der Waals surface area contributed by atoms with Crippen LogP contribution in [0.3, 0.4) is 0 Å². The fourth-order valence-electron chi connectivity index (χ4n) is 3.29. The van der Waals surface area contributed by atoms with Crippen LogP contribution in [0.15, 0.2) is 30.3 Å². The minimum atomic E-state index is -4.90. The van der Waals surface area contributed by atoms with E-state index in [0.29, 0.717) is 19.4 Å². The summed E-state index contributed by atoms with van der Waals surface area (Å²) in [5.74, 6) is -1.84. The van der Waals surface area contributed by atoms with E-state index in [-0.39, 0.29) is 13.1 Å². The summed E-state index contributed by atoms with van der Waals surface area (Å²) < 4.78 is 51.7. The average Bonchev–Trinajstić information content (AvgIpc) is 3.27. The number of nitrogens with zero attached hydrogens (tertiary/aromatic N) is 2. The van der Waals surface area contributed by atoms with Crippen LogP contribution < -0.4 is 0 Å². The first kappa shape index (κ1) is 16.2. The third kappa shape index (κ3) is 3.20. The minimum absolute atomic E-state index is 0.207. The number of carbonyl (C=O) groups excluding carboxylic acids is 1. The SMILES string of the molecule is O=C(N1C[C@H](CF)N(Cc2ccccc2)CC12CC2)C(F)(F)F. The number of carbonyl (C=O) groups is 1. The number of rotatable bonds is 3. The highest BCUT2D eigenvalue weighted by molar-refractivity contribution is 5.83. The van der Waals surface area contributed by atoms with Crippen molar-refractivity contribution < 1.29 is 22.4 Å². The first-order chi connectivity index (χ1) is 10.9. The van der Waals surface area contributed by atoms with Crippen LogP contribution in [0.1, 0.15) is 18.4 Å². The molecular weight excluding hydrogens is 312 g/mol. The van der Waals surface area contributed by atoms with Gasteiger partial charge in [-0.2, -0.15) is 13.2 Å². The molecule has 0 aromatic heterocycles. The van der Waals surface area contributed by atoms with Gasteiger partial charge >= 0.3 is 12.1 Å². The van der Waals surface area contributed by atoms with Crippen molar-refractivity contribution in [2.75, 3.05) is 19.8 Å². The number of amides is 1. The summed E-state index contributed by atoms with van der Waals surface area (Å²) in [5, 5.41) is 0. The highest BCUT2D eigenvalue weighted by atomic mass is 19.4. The smallest absolute Gasteiger partial charge is 0.326 e. The van der Waals surface area contributed by atoms with Gasteiger partial charge in [0.15, 0.2) is 0 Å². The van der Waals surface area contributed by atoms with Crippen molar-refractivity contribution in [3.8, 4) is 0 Å². The zero-order valence-corrected chi connectivity index (χ0v) is 12.5. The molecule has 1 aromatic carbocycles. The molecule has 1 aromatic rings. The number of halogens is 4. The maximum absolute atomic E-state index is 13.4. The fourth-order valence-corrected chi connectivity index (χ4v) is 3.29. The number of hydrogen-bond acceptors (Lipinski definition) is 2. The lowest BCUT2D eigenvalue weighted by atomic mass is 10.0. The summed E-state index contributed by atoms with van der Waals surface area (Å²) in [6.07, 6.45) is -3.82. The number of hydrogen-bond donors (Lipinski definition) is 0. The van der Waals surface area contributed by atoms with Crippen LogP contribution in [0.2, 0.25) is 0 Å². The predicted octanol–water partition coefficient (Wildman–Crippen LogP) is 2.76. The molecule has 126 valence electrons. The lowest BCUT2D eigenvalue weighted by Crippen LogP contribution is -2.63. The Hall–Kier alpha value is -1.63. The Morgan fingerprint density at radius 2 is 1.87 bits per heavy atom. The molecule has 0 unspecified atom stereocenters. The van der Waals surface area contributed by atoms with Crippen LogP contribution in [-0.2, 0) is 11.3 Å². The summed E-state index contributed by atoms with van der Waals surface area (Å²) in [6.45, 7) is -0.213. The van der Waals surface area contributed by atoms with Gasteiger partial charge in [0, 0.05) is 19.6 Å². The van der Waals surface area contributed by atoms with Gasteiger partial charge in [0.1, 0.15) is 6.67 Å². The van der Waals surface area contributed by atoms with Crippen molar-refractivity contribution >= 4 is 5.91 Å². The van der Waals surface area contributed by atoms with Gasteiger partial charge in [0.25, 0.3) is 0 Å². The summed E-state index contributed by atoms with van der Waals surface area (Å²) in [6, 6.07) is 8.72. The van der Waals surface area contributed by atoms with Crippen molar-refractivity contribution in [2.45, 2.75) is 37.1 Å². The van der Waals surface area contributed by atoms with Gasteiger partial charge in [-0.05, 0) is 18.4 Å². The molecule has 1 atom stereocenters. The molecule has 1 saturated heterocycles. The van der Waals surface area contributed by atoms with Crippen LogP contribution in [0.5, 0.6) is 0 Å². The summed E-state index contributed by atoms with van der Waals surface area (Å²) in [7, 11) is 0. The number of piperazine rings is 1. The maximum atomic E-state index is 13.4. The van der Waals surface area contributed by atoms with Gasteiger partial charge in [0.05, 0.1) is 11.6 Å². The Labute approximate surface area is 131 Å². The van der Waals surface area contributed by atoms with Gasteiger partial charge in [-0.25, -0.2) is 4.39 Å². The number of alkyl halides is 4. The molecule has 0 radical (unpaired) electrons. The van der Waals surface area contributed by atoms with E-state index in [2.05, 4.69) is 0 Å². The van der Waals surface area contributed by atoms with E-state index in [4.69, 9.17) is 0 Å². The summed E-state index contributed by atoms with van der Waals surface area (Å²) >= 11 is 0. The van der Waals surface area contributed by atoms with Crippen molar-refractivity contribution in [3.05, 3.63) is 35.9 Å². The molecule has 1 saturated carbocycles. The second-order valence-electron chi connectivity index (χ2n) is 6.34. The standard InChI is InChI=1S/C16H18F4N2O/c17-8-13-10-22(14(23)16(18,19)20)15(6-7-15)11-21(13)9-12-4-2-1-3-5-12/h1-5,13H,6-11H2/t13-/m0/s1. The Balaban J connectivity index is 1.78. The number of benzene rings is 1. The molecule has 23 heavy (non-hydrogen) atoms. The van der Waals surface area contributed by atoms with Crippen LogP contribution in [0, 0.1) is 0 Å². The van der Waals surface area contributed by atoms with Gasteiger partial charge in [-0.3, -0.25) is 9.69 Å². The van der Waals surface area contributed by atoms with E-state index >= 15 is 0 Å². The molecular formula is C16H18F4N2O. The molecule has 1 amide bonds. The molecule has 0 N–H and O–H groups in total. The average molecular weight is 330 g/mol. The first-order valence-corrected chi connectivity index (χ1v) is 7.58. The molecule has 7 heteroatoms. The topological polar surface area (TPSA) is 23.6 Å². The third-order valence-electron chi connectivity index (χ3n) is 4.70. The molecule has 3 rings (SSSR count). The predicted molar refractivity (Wildman–Crippen MR) is 76.3 cm³/mol. The minimum Gasteiger partial charge on any atom is -0.326 e. The Bertz CT molecular complexity index is 571.